The molecule has 1 spiro atoms. The highest BCUT2D eigenvalue weighted by atomic mass is 16.2. The maximum absolute atomic E-state index is 13.2. The van der Waals surface area contributed by atoms with E-state index in [1.807, 2.05) is 30.5 Å². The molecule has 0 unspecified atom stereocenters. The Balaban J connectivity index is 1.43. The standard InChI is InChI=1S/C22H27N5O2/c1-16(28)13-17(23)15-27-10-4-7-22(21(27)29)8-11-26(12-9-22)20-14-24-18-5-2-3-6-19(18)25-20/h2-3,5-6,14,23H,4,7-13,15H2,1H3. The number of piperidine rings is 2. The highest BCUT2D eigenvalue weighted by Gasteiger charge is 2.45. The Morgan fingerprint density at radius 2 is 1.86 bits per heavy atom. The number of hydrogen-bond acceptors (Lipinski definition) is 6. The van der Waals surface area contributed by atoms with Gasteiger partial charge in [-0.2, -0.15) is 0 Å². The Hall–Kier alpha value is -2.83. The number of Topliss-reactive ketones (excluding diaryl/α,β-unsaturated/α-hetero) is 1. The van der Waals surface area contributed by atoms with Crippen molar-refractivity contribution in [1.29, 1.82) is 5.41 Å². The predicted octanol–water partition coefficient (Wildman–Crippen LogP) is 2.84. The van der Waals surface area contributed by atoms with Crippen molar-refractivity contribution < 1.29 is 9.59 Å². The van der Waals surface area contributed by atoms with Gasteiger partial charge < -0.3 is 15.2 Å². The Labute approximate surface area is 170 Å². The van der Waals surface area contributed by atoms with Crippen LogP contribution < -0.4 is 4.90 Å². The molecule has 4 rings (SSSR count). The molecule has 2 fully saturated rings. The minimum absolute atomic E-state index is 0.0287. The monoisotopic (exact) mass is 393 g/mol. The second-order valence-corrected chi connectivity index (χ2v) is 8.30. The first kappa shape index (κ1) is 19.5. The Morgan fingerprint density at radius 3 is 2.59 bits per heavy atom. The number of likely N-dealkylation sites (tertiary alicyclic amines) is 1. The van der Waals surface area contributed by atoms with Gasteiger partial charge in [-0.25, -0.2) is 4.98 Å². The van der Waals surface area contributed by atoms with Gasteiger partial charge in [-0.15, -0.1) is 0 Å². The summed E-state index contributed by atoms with van der Waals surface area (Å²) in [7, 11) is 0. The molecule has 1 aromatic heterocycles. The zero-order chi connectivity index (χ0) is 20.4. The van der Waals surface area contributed by atoms with Crippen LogP contribution in [0.1, 0.15) is 39.0 Å². The molecule has 1 N–H and O–H groups in total. The van der Waals surface area contributed by atoms with Gasteiger partial charge in [0.25, 0.3) is 0 Å². The lowest BCUT2D eigenvalue weighted by atomic mass is 9.71. The van der Waals surface area contributed by atoms with Crippen LogP contribution in [0.4, 0.5) is 5.82 Å². The van der Waals surface area contributed by atoms with Crippen LogP contribution in [0, 0.1) is 10.8 Å². The smallest absolute Gasteiger partial charge is 0.229 e. The number of aromatic nitrogens is 2. The molecule has 2 aliphatic rings. The Kier molecular flexibility index (Phi) is 5.30. The van der Waals surface area contributed by atoms with E-state index in [1.54, 1.807) is 4.90 Å². The third kappa shape index (κ3) is 3.99. The molecule has 3 heterocycles. The van der Waals surface area contributed by atoms with Crippen molar-refractivity contribution in [3.8, 4) is 0 Å². The largest absolute Gasteiger partial charge is 0.355 e. The lowest BCUT2D eigenvalue weighted by Gasteiger charge is -2.46. The summed E-state index contributed by atoms with van der Waals surface area (Å²) < 4.78 is 0. The predicted molar refractivity (Wildman–Crippen MR) is 112 cm³/mol. The minimum Gasteiger partial charge on any atom is -0.355 e. The fourth-order valence-corrected chi connectivity index (χ4v) is 4.62. The number of nitrogens with zero attached hydrogens (tertiary/aromatic N) is 4. The lowest BCUT2D eigenvalue weighted by Crippen LogP contribution is -2.54. The molecule has 1 amide bonds. The second kappa shape index (κ2) is 7.89. The zero-order valence-electron chi connectivity index (χ0n) is 16.9. The van der Waals surface area contributed by atoms with Crippen molar-refractivity contribution in [1.82, 2.24) is 14.9 Å². The number of ketones is 1. The van der Waals surface area contributed by atoms with Gasteiger partial charge in [0.05, 0.1) is 29.2 Å². The van der Waals surface area contributed by atoms with Crippen LogP contribution in [0.5, 0.6) is 0 Å². The number of anilines is 1. The fourth-order valence-electron chi connectivity index (χ4n) is 4.62. The summed E-state index contributed by atoms with van der Waals surface area (Å²) >= 11 is 0. The van der Waals surface area contributed by atoms with E-state index in [4.69, 9.17) is 10.4 Å². The van der Waals surface area contributed by atoms with Crippen molar-refractivity contribution >= 4 is 34.3 Å². The molecule has 0 atom stereocenters. The fraction of sp³-hybridized carbons (Fsp3) is 0.500. The number of nitrogens with one attached hydrogen (secondary N) is 1. The van der Waals surface area contributed by atoms with Crippen molar-refractivity contribution in [2.45, 2.75) is 39.0 Å². The summed E-state index contributed by atoms with van der Waals surface area (Å²) in [6.45, 7) is 4.00. The van der Waals surface area contributed by atoms with E-state index in [-0.39, 0.29) is 30.1 Å². The summed E-state index contributed by atoms with van der Waals surface area (Å²) in [6, 6.07) is 7.84. The normalized spacial score (nSPS) is 19.0. The van der Waals surface area contributed by atoms with E-state index in [9.17, 15) is 9.59 Å². The number of amides is 1. The van der Waals surface area contributed by atoms with E-state index in [1.165, 1.54) is 6.92 Å². The van der Waals surface area contributed by atoms with Crippen LogP contribution in [0.15, 0.2) is 30.5 Å². The van der Waals surface area contributed by atoms with Crippen molar-refractivity contribution in [3.63, 3.8) is 0 Å². The van der Waals surface area contributed by atoms with Gasteiger partial charge in [-0.3, -0.25) is 14.6 Å². The van der Waals surface area contributed by atoms with Crippen molar-refractivity contribution in [2.24, 2.45) is 5.41 Å². The number of benzene rings is 1. The molecule has 0 bridgehead atoms. The minimum atomic E-state index is -0.338. The van der Waals surface area contributed by atoms with Gasteiger partial charge in [0, 0.05) is 31.8 Å². The molecular weight excluding hydrogens is 366 g/mol. The summed E-state index contributed by atoms with van der Waals surface area (Å²) in [4.78, 5) is 37.8. The van der Waals surface area contributed by atoms with Gasteiger partial charge in [-0.05, 0) is 44.7 Å². The Bertz CT molecular complexity index is 949. The number of para-hydroxylation sites is 2. The number of hydrogen-bond donors (Lipinski definition) is 1. The molecule has 0 radical (unpaired) electrons. The van der Waals surface area contributed by atoms with E-state index >= 15 is 0 Å². The SMILES string of the molecule is CC(=O)CC(=N)CN1CCCC2(CCN(c3cnc4ccccc4n3)CC2)C1=O. The first-order valence-electron chi connectivity index (χ1n) is 10.3. The molecule has 1 aromatic carbocycles. The van der Waals surface area contributed by atoms with Gasteiger partial charge in [0.15, 0.2) is 0 Å². The summed E-state index contributed by atoms with van der Waals surface area (Å²) in [5, 5.41) is 8.02. The molecule has 152 valence electrons. The summed E-state index contributed by atoms with van der Waals surface area (Å²) in [5.41, 5.74) is 1.76. The average molecular weight is 393 g/mol. The zero-order valence-corrected chi connectivity index (χ0v) is 16.9. The van der Waals surface area contributed by atoms with Crippen LogP contribution >= 0.6 is 0 Å². The molecular formula is C22H27N5O2. The molecule has 7 nitrogen and oxygen atoms in total. The van der Waals surface area contributed by atoms with Crippen molar-refractivity contribution in [2.75, 3.05) is 31.1 Å². The molecule has 2 saturated heterocycles. The highest BCUT2D eigenvalue weighted by Crippen LogP contribution is 2.41. The van der Waals surface area contributed by atoms with Gasteiger partial charge in [0.2, 0.25) is 5.91 Å². The molecule has 2 aromatic rings. The quantitative estimate of drug-likeness (QED) is 0.789. The highest BCUT2D eigenvalue weighted by molar-refractivity contribution is 6.01. The lowest BCUT2D eigenvalue weighted by molar-refractivity contribution is -0.147. The van der Waals surface area contributed by atoms with Crippen molar-refractivity contribution in [3.05, 3.63) is 30.5 Å². The number of carbonyl (C=O) groups excluding carboxylic acids is 2. The molecule has 7 heteroatoms. The summed E-state index contributed by atoms with van der Waals surface area (Å²) in [5.74, 6) is 0.988. The van der Waals surface area contributed by atoms with E-state index in [2.05, 4.69) is 9.88 Å². The first-order chi connectivity index (χ1) is 14.0. The van der Waals surface area contributed by atoms with E-state index < -0.39 is 0 Å². The maximum Gasteiger partial charge on any atom is 0.229 e. The van der Waals surface area contributed by atoms with Crippen LogP contribution in [-0.2, 0) is 9.59 Å². The third-order valence-corrected chi connectivity index (χ3v) is 6.15. The summed E-state index contributed by atoms with van der Waals surface area (Å²) in [6.07, 6.45) is 5.38. The third-order valence-electron chi connectivity index (χ3n) is 6.15. The second-order valence-electron chi connectivity index (χ2n) is 8.30. The maximum atomic E-state index is 13.2. The van der Waals surface area contributed by atoms with Gasteiger partial charge >= 0.3 is 0 Å². The van der Waals surface area contributed by atoms with E-state index in [0.717, 1.165) is 55.6 Å². The van der Waals surface area contributed by atoms with Crippen LogP contribution in [0.3, 0.4) is 0 Å². The van der Waals surface area contributed by atoms with Crippen LogP contribution in [0.2, 0.25) is 0 Å². The van der Waals surface area contributed by atoms with E-state index in [0.29, 0.717) is 12.3 Å². The van der Waals surface area contributed by atoms with Gasteiger partial charge in [-0.1, -0.05) is 12.1 Å². The molecule has 2 aliphatic heterocycles. The average Bonchev–Trinajstić information content (AvgIpc) is 2.71. The Morgan fingerprint density at radius 1 is 1.14 bits per heavy atom. The van der Waals surface area contributed by atoms with Gasteiger partial charge in [0.1, 0.15) is 11.6 Å². The van der Waals surface area contributed by atoms with Crippen LogP contribution in [0.25, 0.3) is 11.0 Å². The molecule has 29 heavy (non-hydrogen) atoms. The molecule has 0 aliphatic carbocycles. The number of carbonyl (C=O) groups is 2. The number of fused-ring (bicyclic) bond motifs is 1. The first-order valence-corrected chi connectivity index (χ1v) is 10.3. The number of rotatable bonds is 5. The topological polar surface area (TPSA) is 90.2 Å². The van der Waals surface area contributed by atoms with Crippen LogP contribution in [-0.4, -0.2) is 58.4 Å². The molecule has 0 saturated carbocycles.